The lowest BCUT2D eigenvalue weighted by Gasteiger charge is -2.23. The van der Waals surface area contributed by atoms with Gasteiger partial charge in [-0.2, -0.15) is 0 Å². The maximum atomic E-state index is 12.5. The molecule has 0 aromatic carbocycles. The molecule has 3 rings (SSSR count). The van der Waals surface area contributed by atoms with E-state index in [-0.39, 0.29) is 23.6 Å². The van der Waals surface area contributed by atoms with Gasteiger partial charge in [-0.15, -0.1) is 16.4 Å². The minimum atomic E-state index is -0.287. The number of thiazole rings is 1. The fourth-order valence-corrected chi connectivity index (χ4v) is 3.35. The van der Waals surface area contributed by atoms with Crippen molar-refractivity contribution >= 4 is 23.2 Å². The number of nitrogens with one attached hydrogen (secondary N) is 1. The van der Waals surface area contributed by atoms with Gasteiger partial charge in [-0.25, -0.2) is 9.67 Å². The van der Waals surface area contributed by atoms with Gasteiger partial charge in [0, 0.05) is 25.6 Å². The molecule has 0 unspecified atom stereocenters. The van der Waals surface area contributed by atoms with Gasteiger partial charge in [-0.3, -0.25) is 9.59 Å². The Morgan fingerprint density at radius 3 is 3.08 bits per heavy atom. The average Bonchev–Trinajstić information content (AvgIpc) is 3.36. The number of rotatable bonds is 7. The van der Waals surface area contributed by atoms with Crippen molar-refractivity contribution in [1.29, 1.82) is 0 Å². The Labute approximate surface area is 149 Å². The standard InChI is InChI=1S/C15H20N6O3S/c1-24-6-4-16-14(22)12-8-20(19-18-12)7-11-3-2-5-21(11)15(23)13-9-25-10-17-13/h8-11H,2-7H2,1H3,(H,16,22)/t11-/m0/s1. The molecule has 1 saturated heterocycles. The van der Waals surface area contributed by atoms with Gasteiger partial charge in [-0.1, -0.05) is 5.21 Å². The molecule has 0 bridgehead atoms. The van der Waals surface area contributed by atoms with Gasteiger partial charge in [0.2, 0.25) is 0 Å². The van der Waals surface area contributed by atoms with Crippen molar-refractivity contribution in [2.24, 2.45) is 0 Å². The first-order chi connectivity index (χ1) is 12.2. The van der Waals surface area contributed by atoms with Crippen LogP contribution < -0.4 is 5.32 Å². The Morgan fingerprint density at radius 1 is 1.44 bits per heavy atom. The molecular weight excluding hydrogens is 344 g/mol. The van der Waals surface area contributed by atoms with Crippen molar-refractivity contribution in [1.82, 2.24) is 30.2 Å². The number of amides is 2. The summed E-state index contributed by atoms with van der Waals surface area (Å²) < 4.78 is 6.50. The predicted molar refractivity (Wildman–Crippen MR) is 90.4 cm³/mol. The van der Waals surface area contributed by atoms with Crippen LogP contribution in [0.15, 0.2) is 17.1 Å². The number of nitrogens with zero attached hydrogens (tertiary/aromatic N) is 5. The van der Waals surface area contributed by atoms with Crippen LogP contribution in [0.1, 0.15) is 33.8 Å². The van der Waals surface area contributed by atoms with Crippen molar-refractivity contribution in [3.8, 4) is 0 Å². The van der Waals surface area contributed by atoms with E-state index in [4.69, 9.17) is 4.74 Å². The summed E-state index contributed by atoms with van der Waals surface area (Å²) in [4.78, 5) is 30.4. The number of aromatic nitrogens is 4. The summed E-state index contributed by atoms with van der Waals surface area (Å²) in [6, 6.07) is 0.0281. The van der Waals surface area contributed by atoms with Crippen LogP contribution in [-0.4, -0.2) is 69.5 Å². The zero-order valence-corrected chi connectivity index (χ0v) is 14.7. The number of methoxy groups -OCH3 is 1. The van der Waals surface area contributed by atoms with Gasteiger partial charge >= 0.3 is 0 Å². The van der Waals surface area contributed by atoms with Crippen LogP contribution in [-0.2, 0) is 11.3 Å². The smallest absolute Gasteiger partial charge is 0.273 e. The Hall–Kier alpha value is -2.33. The zero-order valence-electron chi connectivity index (χ0n) is 13.9. The molecule has 1 aliphatic heterocycles. The normalized spacial score (nSPS) is 17.0. The monoisotopic (exact) mass is 364 g/mol. The van der Waals surface area contributed by atoms with Crippen LogP contribution in [0.3, 0.4) is 0 Å². The van der Waals surface area contributed by atoms with Gasteiger partial charge in [0.15, 0.2) is 5.69 Å². The lowest BCUT2D eigenvalue weighted by molar-refractivity contribution is 0.0715. The molecular formula is C15H20N6O3S. The number of ether oxygens (including phenoxy) is 1. The van der Waals surface area contributed by atoms with Crippen LogP contribution in [0.5, 0.6) is 0 Å². The number of hydrogen-bond acceptors (Lipinski definition) is 7. The van der Waals surface area contributed by atoms with E-state index in [1.54, 1.807) is 28.9 Å². The van der Waals surface area contributed by atoms with Crippen LogP contribution in [0.4, 0.5) is 0 Å². The molecule has 1 fully saturated rings. The first-order valence-electron chi connectivity index (χ1n) is 8.05. The number of carbonyl (C=O) groups excluding carboxylic acids is 2. The average molecular weight is 364 g/mol. The van der Waals surface area contributed by atoms with E-state index in [2.05, 4.69) is 20.6 Å². The van der Waals surface area contributed by atoms with Crippen molar-refractivity contribution < 1.29 is 14.3 Å². The van der Waals surface area contributed by atoms with E-state index in [0.29, 0.717) is 31.9 Å². The van der Waals surface area contributed by atoms with E-state index in [1.807, 2.05) is 4.90 Å². The van der Waals surface area contributed by atoms with E-state index in [9.17, 15) is 9.59 Å². The highest BCUT2D eigenvalue weighted by Crippen LogP contribution is 2.21. The molecule has 0 saturated carbocycles. The maximum absolute atomic E-state index is 12.5. The van der Waals surface area contributed by atoms with E-state index >= 15 is 0 Å². The van der Waals surface area contributed by atoms with Crippen LogP contribution in [0.25, 0.3) is 0 Å². The van der Waals surface area contributed by atoms with Crippen molar-refractivity contribution in [2.75, 3.05) is 26.8 Å². The second-order valence-corrected chi connectivity index (χ2v) is 6.46. The summed E-state index contributed by atoms with van der Waals surface area (Å²) in [7, 11) is 1.57. The SMILES string of the molecule is COCCNC(=O)c1cn(C[C@@H]2CCCN2C(=O)c2cscn2)nn1. The summed E-state index contributed by atoms with van der Waals surface area (Å²) in [6.07, 6.45) is 3.44. The molecule has 0 radical (unpaired) electrons. The molecule has 10 heteroatoms. The highest BCUT2D eigenvalue weighted by Gasteiger charge is 2.31. The Morgan fingerprint density at radius 2 is 2.32 bits per heavy atom. The molecule has 2 amide bonds. The number of hydrogen-bond donors (Lipinski definition) is 1. The predicted octanol–water partition coefficient (Wildman–Crippen LogP) is 0.416. The largest absolute Gasteiger partial charge is 0.383 e. The molecule has 134 valence electrons. The third kappa shape index (κ3) is 4.20. The summed E-state index contributed by atoms with van der Waals surface area (Å²) in [5.74, 6) is -0.341. The van der Waals surface area contributed by atoms with Crippen LogP contribution >= 0.6 is 11.3 Å². The topological polar surface area (TPSA) is 102 Å². The second kappa shape index (κ2) is 8.17. The number of carbonyl (C=O) groups is 2. The first-order valence-corrected chi connectivity index (χ1v) is 8.99. The van der Waals surface area contributed by atoms with Crippen molar-refractivity contribution in [3.63, 3.8) is 0 Å². The minimum absolute atomic E-state index is 0.0281. The van der Waals surface area contributed by atoms with Crippen molar-refractivity contribution in [3.05, 3.63) is 28.5 Å². The van der Waals surface area contributed by atoms with Gasteiger partial charge in [-0.05, 0) is 12.8 Å². The molecule has 0 spiro atoms. The maximum Gasteiger partial charge on any atom is 0.273 e. The Bertz CT molecular complexity index is 717. The van der Waals surface area contributed by atoms with E-state index in [1.165, 1.54) is 11.3 Å². The molecule has 3 heterocycles. The third-order valence-electron chi connectivity index (χ3n) is 4.05. The van der Waals surface area contributed by atoms with Gasteiger partial charge in [0.05, 0.1) is 30.9 Å². The molecule has 1 aliphatic rings. The molecule has 0 aliphatic carbocycles. The van der Waals surface area contributed by atoms with E-state index in [0.717, 1.165) is 12.8 Å². The first kappa shape index (κ1) is 17.5. The molecule has 1 atom stereocenters. The molecule has 2 aromatic heterocycles. The fourth-order valence-electron chi connectivity index (χ4n) is 2.82. The lowest BCUT2D eigenvalue weighted by Crippen LogP contribution is -2.38. The minimum Gasteiger partial charge on any atom is -0.383 e. The molecule has 1 N–H and O–H groups in total. The molecule has 2 aromatic rings. The summed E-state index contributed by atoms with van der Waals surface area (Å²) in [5, 5.41) is 12.4. The molecule has 9 nitrogen and oxygen atoms in total. The summed E-state index contributed by atoms with van der Waals surface area (Å²) in [6.45, 7) is 2.07. The number of likely N-dealkylation sites (tertiary alicyclic amines) is 1. The van der Waals surface area contributed by atoms with Crippen LogP contribution in [0, 0.1) is 0 Å². The summed E-state index contributed by atoms with van der Waals surface area (Å²) >= 11 is 1.41. The Balaban J connectivity index is 1.60. The molecule has 25 heavy (non-hydrogen) atoms. The zero-order chi connectivity index (χ0) is 17.6. The van der Waals surface area contributed by atoms with Gasteiger partial charge < -0.3 is 15.0 Å². The Kier molecular flexibility index (Phi) is 5.71. The summed E-state index contributed by atoms with van der Waals surface area (Å²) in [5.41, 5.74) is 2.39. The van der Waals surface area contributed by atoms with Crippen molar-refractivity contribution in [2.45, 2.75) is 25.4 Å². The van der Waals surface area contributed by atoms with E-state index < -0.39 is 0 Å². The third-order valence-corrected chi connectivity index (χ3v) is 4.64. The highest BCUT2D eigenvalue weighted by molar-refractivity contribution is 7.07. The lowest BCUT2D eigenvalue weighted by atomic mass is 10.2. The fraction of sp³-hybridized carbons (Fsp3) is 0.533. The van der Waals surface area contributed by atoms with Gasteiger partial charge in [0.25, 0.3) is 11.8 Å². The van der Waals surface area contributed by atoms with Gasteiger partial charge in [0.1, 0.15) is 5.69 Å². The quantitative estimate of drug-likeness (QED) is 0.714. The van der Waals surface area contributed by atoms with Crippen LogP contribution in [0.2, 0.25) is 0 Å². The highest BCUT2D eigenvalue weighted by atomic mass is 32.1. The second-order valence-electron chi connectivity index (χ2n) is 5.74.